The topological polar surface area (TPSA) is 26.3 Å². The van der Waals surface area contributed by atoms with Crippen molar-refractivity contribution in [2.24, 2.45) is 0 Å². The monoisotopic (exact) mass is 496 g/mol. The molecule has 2 aromatic rings. The standard InChI is InChI=1S/C14H11Br2IO2/c1-2-19-11-8-7-9-5-3-4-6-10(9)12(11)13(18)14(15,16)17/h3-8H,2H2,1H3. The molecule has 0 amide bonds. The molecular weight excluding hydrogens is 487 g/mol. The molecule has 0 radical (unpaired) electrons. The summed E-state index contributed by atoms with van der Waals surface area (Å²) in [6, 6.07) is 11.6. The number of ketones is 1. The predicted octanol–water partition coefficient (Wildman–Crippen LogP) is 5.30. The lowest BCUT2D eigenvalue weighted by Crippen LogP contribution is -2.18. The van der Waals surface area contributed by atoms with Crippen LogP contribution in [0, 0.1) is 0 Å². The van der Waals surface area contributed by atoms with E-state index in [-0.39, 0.29) is 5.78 Å². The number of benzene rings is 2. The smallest absolute Gasteiger partial charge is 0.204 e. The molecule has 0 spiro atoms. The van der Waals surface area contributed by atoms with Gasteiger partial charge in [0.2, 0.25) is 5.78 Å². The van der Waals surface area contributed by atoms with E-state index in [0.717, 1.165) is 10.8 Å². The van der Waals surface area contributed by atoms with Crippen LogP contribution in [0.1, 0.15) is 17.3 Å². The zero-order valence-corrected chi connectivity index (χ0v) is 15.5. The maximum atomic E-state index is 12.6. The number of Topliss-reactive ketones (excluding diaryl/α,β-unsaturated/α-hetero) is 1. The van der Waals surface area contributed by atoms with E-state index >= 15 is 0 Å². The number of carbonyl (C=O) groups is 1. The van der Waals surface area contributed by atoms with Gasteiger partial charge in [0.05, 0.1) is 12.2 Å². The molecule has 0 aliphatic heterocycles. The molecule has 0 atom stereocenters. The van der Waals surface area contributed by atoms with Gasteiger partial charge in [-0.25, -0.2) is 0 Å². The fourth-order valence-corrected chi connectivity index (χ4v) is 2.57. The second kappa shape index (κ2) is 6.10. The van der Waals surface area contributed by atoms with Crippen LogP contribution in [0.15, 0.2) is 36.4 Å². The molecule has 2 nitrogen and oxygen atoms in total. The van der Waals surface area contributed by atoms with Gasteiger partial charge in [-0.3, -0.25) is 4.79 Å². The summed E-state index contributed by atoms with van der Waals surface area (Å²) in [4.78, 5) is 12.6. The molecule has 2 aromatic carbocycles. The first-order valence-corrected chi connectivity index (χ1v) is 8.37. The van der Waals surface area contributed by atoms with Crippen molar-refractivity contribution in [3.63, 3.8) is 0 Å². The van der Waals surface area contributed by atoms with Gasteiger partial charge in [0.25, 0.3) is 0 Å². The van der Waals surface area contributed by atoms with Gasteiger partial charge in [-0.1, -0.05) is 62.2 Å². The molecular formula is C14H11Br2IO2. The lowest BCUT2D eigenvalue weighted by atomic mass is 10.0. The Morgan fingerprint density at radius 1 is 1.26 bits per heavy atom. The van der Waals surface area contributed by atoms with Crippen molar-refractivity contribution in [1.29, 1.82) is 0 Å². The van der Waals surface area contributed by atoms with Gasteiger partial charge in [-0.05, 0) is 46.4 Å². The molecule has 5 heteroatoms. The molecule has 100 valence electrons. The van der Waals surface area contributed by atoms with E-state index < -0.39 is 1.24 Å². The van der Waals surface area contributed by atoms with Crippen LogP contribution in [0.3, 0.4) is 0 Å². The number of hydrogen-bond acceptors (Lipinski definition) is 2. The van der Waals surface area contributed by atoms with E-state index in [1.54, 1.807) is 0 Å². The fourth-order valence-electron chi connectivity index (χ4n) is 1.90. The largest absolute Gasteiger partial charge is 0.493 e. The van der Waals surface area contributed by atoms with Gasteiger partial charge < -0.3 is 4.74 Å². The van der Waals surface area contributed by atoms with E-state index in [1.807, 2.05) is 65.9 Å². The number of hydrogen-bond donors (Lipinski definition) is 0. The van der Waals surface area contributed by atoms with Crippen molar-refractivity contribution in [2.75, 3.05) is 6.61 Å². The van der Waals surface area contributed by atoms with Gasteiger partial charge >= 0.3 is 0 Å². The van der Waals surface area contributed by atoms with Crippen molar-refractivity contribution in [3.05, 3.63) is 42.0 Å². The van der Waals surface area contributed by atoms with Gasteiger partial charge in [0.15, 0.2) is 1.24 Å². The zero-order chi connectivity index (χ0) is 14.0. The maximum absolute atomic E-state index is 12.6. The predicted molar refractivity (Wildman–Crippen MR) is 94.1 cm³/mol. The normalized spacial score (nSPS) is 11.6. The van der Waals surface area contributed by atoms with E-state index in [1.165, 1.54) is 0 Å². The van der Waals surface area contributed by atoms with Crippen molar-refractivity contribution in [3.8, 4) is 5.75 Å². The third kappa shape index (κ3) is 3.31. The Bertz CT molecular complexity index is 620. The second-order valence-electron chi connectivity index (χ2n) is 3.92. The molecule has 0 heterocycles. The third-order valence-corrected chi connectivity index (χ3v) is 3.89. The first-order valence-electron chi connectivity index (χ1n) is 5.71. The first-order chi connectivity index (χ1) is 8.95. The Morgan fingerprint density at radius 2 is 1.95 bits per heavy atom. The molecule has 19 heavy (non-hydrogen) atoms. The summed E-state index contributed by atoms with van der Waals surface area (Å²) < 4.78 is 4.77. The average molecular weight is 498 g/mol. The number of halogens is 3. The molecule has 0 aliphatic carbocycles. The Morgan fingerprint density at radius 3 is 2.58 bits per heavy atom. The molecule has 0 saturated carbocycles. The fraction of sp³-hybridized carbons (Fsp3) is 0.214. The van der Waals surface area contributed by atoms with Crippen molar-refractivity contribution >= 4 is 71.0 Å². The Hall–Kier alpha value is -0.140. The van der Waals surface area contributed by atoms with Crippen molar-refractivity contribution in [1.82, 2.24) is 0 Å². The highest BCUT2D eigenvalue weighted by molar-refractivity contribution is 14.1. The summed E-state index contributed by atoms with van der Waals surface area (Å²) in [5.74, 6) is 0.555. The van der Waals surface area contributed by atoms with Crippen LogP contribution >= 0.6 is 54.5 Å². The first kappa shape index (κ1) is 15.3. The van der Waals surface area contributed by atoms with Crippen LogP contribution < -0.4 is 4.74 Å². The molecule has 0 N–H and O–H groups in total. The van der Waals surface area contributed by atoms with Crippen LogP contribution in [-0.4, -0.2) is 13.6 Å². The average Bonchev–Trinajstić information content (AvgIpc) is 2.37. The number of fused-ring (bicyclic) bond motifs is 1. The summed E-state index contributed by atoms with van der Waals surface area (Å²) in [5.41, 5.74) is 0.600. The summed E-state index contributed by atoms with van der Waals surface area (Å²) in [7, 11) is 0. The van der Waals surface area contributed by atoms with Gasteiger partial charge in [-0.15, -0.1) is 0 Å². The van der Waals surface area contributed by atoms with Crippen LogP contribution in [-0.2, 0) is 0 Å². The SMILES string of the molecule is CCOc1ccc2ccccc2c1C(=O)C(Br)(Br)I. The Balaban J connectivity index is 2.72. The quantitative estimate of drug-likeness (QED) is 0.325. The van der Waals surface area contributed by atoms with Gasteiger partial charge in [0.1, 0.15) is 5.75 Å². The highest BCUT2D eigenvalue weighted by Gasteiger charge is 2.33. The summed E-state index contributed by atoms with van der Waals surface area (Å²) in [6.07, 6.45) is 0. The minimum Gasteiger partial charge on any atom is -0.493 e. The van der Waals surface area contributed by atoms with E-state index in [4.69, 9.17) is 4.74 Å². The zero-order valence-electron chi connectivity index (χ0n) is 10.1. The van der Waals surface area contributed by atoms with Crippen LogP contribution in [0.4, 0.5) is 0 Å². The maximum Gasteiger partial charge on any atom is 0.204 e. The lowest BCUT2D eigenvalue weighted by molar-refractivity contribution is 0.101. The molecule has 0 saturated heterocycles. The Kier molecular flexibility index (Phi) is 4.89. The summed E-state index contributed by atoms with van der Waals surface area (Å²) in [5, 5.41) is 1.92. The van der Waals surface area contributed by atoms with Crippen LogP contribution in [0.2, 0.25) is 0 Å². The van der Waals surface area contributed by atoms with E-state index in [0.29, 0.717) is 17.9 Å². The molecule has 0 aromatic heterocycles. The number of rotatable bonds is 4. The van der Waals surface area contributed by atoms with Gasteiger partial charge in [-0.2, -0.15) is 0 Å². The molecule has 0 fully saturated rings. The van der Waals surface area contributed by atoms with Crippen molar-refractivity contribution in [2.45, 2.75) is 8.16 Å². The lowest BCUT2D eigenvalue weighted by Gasteiger charge is -2.16. The highest BCUT2D eigenvalue weighted by Crippen LogP contribution is 2.41. The molecule has 0 aliphatic rings. The summed E-state index contributed by atoms with van der Waals surface area (Å²) >= 11 is 8.71. The third-order valence-electron chi connectivity index (χ3n) is 2.68. The van der Waals surface area contributed by atoms with E-state index in [2.05, 4.69) is 31.9 Å². The van der Waals surface area contributed by atoms with Crippen LogP contribution in [0.25, 0.3) is 10.8 Å². The Labute approximate surface area is 142 Å². The highest BCUT2D eigenvalue weighted by atomic mass is 127. The second-order valence-corrected chi connectivity index (χ2v) is 11.9. The van der Waals surface area contributed by atoms with Crippen LogP contribution in [0.5, 0.6) is 5.75 Å². The number of carbonyl (C=O) groups excluding carboxylic acids is 1. The molecule has 2 rings (SSSR count). The minimum absolute atomic E-state index is 0.0617. The number of ether oxygens (including phenoxy) is 1. The van der Waals surface area contributed by atoms with E-state index in [9.17, 15) is 4.79 Å². The molecule has 0 unspecified atom stereocenters. The number of alkyl halides is 3. The molecule has 0 bridgehead atoms. The summed E-state index contributed by atoms with van der Waals surface area (Å²) in [6.45, 7) is 2.43. The minimum atomic E-state index is -0.826. The van der Waals surface area contributed by atoms with Crippen molar-refractivity contribution < 1.29 is 9.53 Å². The van der Waals surface area contributed by atoms with Gasteiger partial charge in [0, 0.05) is 0 Å².